The third kappa shape index (κ3) is 2.98. The smallest absolute Gasteiger partial charge is 0.276 e. The molecule has 1 aromatic rings. The number of hydrogen-bond donors (Lipinski definition) is 2. The number of nitrogens with one attached hydrogen (secondary N) is 1. The van der Waals surface area contributed by atoms with Crippen LogP contribution in [-0.4, -0.2) is 32.2 Å². The third-order valence-electron chi connectivity index (χ3n) is 3.55. The number of rotatable bonds is 4. The van der Waals surface area contributed by atoms with E-state index in [-0.39, 0.29) is 23.7 Å². The van der Waals surface area contributed by atoms with Crippen molar-refractivity contribution in [3.63, 3.8) is 0 Å². The van der Waals surface area contributed by atoms with Gasteiger partial charge in [0.15, 0.2) is 0 Å². The van der Waals surface area contributed by atoms with Crippen molar-refractivity contribution in [1.29, 1.82) is 0 Å². The molecule has 0 radical (unpaired) electrons. The van der Waals surface area contributed by atoms with E-state index in [1.54, 1.807) is 26.4 Å². The molecule has 0 bridgehead atoms. The van der Waals surface area contributed by atoms with E-state index in [1.807, 2.05) is 18.2 Å². The number of guanidine groups is 1. The maximum Gasteiger partial charge on any atom is 0.276 e. The molecular formula is C16H17N3O4. The van der Waals surface area contributed by atoms with Gasteiger partial charge in [0.25, 0.3) is 5.91 Å². The molecule has 0 spiro atoms. The highest BCUT2D eigenvalue weighted by Crippen LogP contribution is 2.35. The summed E-state index contributed by atoms with van der Waals surface area (Å²) < 4.78 is 16.4. The number of nitrogens with zero attached hydrogens (tertiary/aromatic N) is 1. The molecule has 1 unspecified atom stereocenters. The number of carbonyl (C=O) groups excluding carboxylic acids is 1. The van der Waals surface area contributed by atoms with Crippen LogP contribution < -0.4 is 20.5 Å². The standard InChI is InChI=1S/C16H17N3O4/c1-21-9-3-5-11(14(8-9)22-2)13-6-4-10(23-13)7-12-15(20)19-16(17)18-12/h3,5-8,10H,4H2,1-2H3,(H3,17,18,19,20)/b12-7+. The molecule has 2 heterocycles. The zero-order valence-corrected chi connectivity index (χ0v) is 12.8. The summed E-state index contributed by atoms with van der Waals surface area (Å²) in [5, 5.41) is 2.43. The van der Waals surface area contributed by atoms with Crippen LogP contribution in [0.5, 0.6) is 11.5 Å². The first-order valence-corrected chi connectivity index (χ1v) is 7.07. The zero-order chi connectivity index (χ0) is 16.4. The van der Waals surface area contributed by atoms with E-state index in [2.05, 4.69) is 10.3 Å². The quantitative estimate of drug-likeness (QED) is 0.813. The summed E-state index contributed by atoms with van der Waals surface area (Å²) in [6, 6.07) is 5.50. The fourth-order valence-electron chi connectivity index (χ4n) is 2.44. The number of ether oxygens (including phenoxy) is 3. The van der Waals surface area contributed by atoms with E-state index >= 15 is 0 Å². The number of nitrogens with two attached hydrogens (primary N) is 1. The van der Waals surface area contributed by atoms with Gasteiger partial charge in [-0.25, -0.2) is 4.99 Å². The molecule has 0 aliphatic carbocycles. The van der Waals surface area contributed by atoms with Gasteiger partial charge in [0.2, 0.25) is 5.96 Å². The highest BCUT2D eigenvalue weighted by Gasteiger charge is 2.24. The van der Waals surface area contributed by atoms with Crippen molar-refractivity contribution in [2.24, 2.45) is 10.7 Å². The average Bonchev–Trinajstić information content (AvgIpc) is 3.13. The molecule has 1 atom stereocenters. The number of aliphatic imine (C=N–C) groups is 1. The largest absolute Gasteiger partial charge is 0.497 e. The molecule has 1 aromatic carbocycles. The summed E-state index contributed by atoms with van der Waals surface area (Å²) in [6.45, 7) is 0. The second-order valence-electron chi connectivity index (χ2n) is 5.03. The Morgan fingerprint density at radius 1 is 1.39 bits per heavy atom. The van der Waals surface area contributed by atoms with Crippen LogP contribution in [0, 0.1) is 0 Å². The Hall–Kier alpha value is -2.96. The lowest BCUT2D eigenvalue weighted by Crippen LogP contribution is -2.30. The Balaban J connectivity index is 1.78. The fourth-order valence-corrected chi connectivity index (χ4v) is 2.44. The van der Waals surface area contributed by atoms with Crippen molar-refractivity contribution in [2.75, 3.05) is 14.2 Å². The minimum atomic E-state index is -0.318. The molecule has 3 rings (SSSR count). The Morgan fingerprint density at radius 2 is 2.22 bits per heavy atom. The van der Waals surface area contributed by atoms with Gasteiger partial charge >= 0.3 is 0 Å². The van der Waals surface area contributed by atoms with E-state index < -0.39 is 0 Å². The van der Waals surface area contributed by atoms with Crippen LogP contribution in [0.25, 0.3) is 5.76 Å². The molecule has 120 valence electrons. The SMILES string of the molecule is COc1ccc(C2=CCC(/C=C3/N=C(N)NC3=O)O2)c(OC)c1. The van der Waals surface area contributed by atoms with Crippen molar-refractivity contribution >= 4 is 17.6 Å². The molecule has 0 aromatic heterocycles. The topological polar surface area (TPSA) is 95.2 Å². The maximum atomic E-state index is 11.6. The van der Waals surface area contributed by atoms with Crippen molar-refractivity contribution in [3.05, 3.63) is 41.6 Å². The molecule has 0 saturated heterocycles. The van der Waals surface area contributed by atoms with E-state index in [0.717, 1.165) is 5.56 Å². The monoisotopic (exact) mass is 315 g/mol. The van der Waals surface area contributed by atoms with Crippen LogP contribution in [0.4, 0.5) is 0 Å². The van der Waals surface area contributed by atoms with Gasteiger partial charge in [-0.1, -0.05) is 0 Å². The Kier molecular flexibility index (Phi) is 3.92. The highest BCUT2D eigenvalue weighted by molar-refractivity contribution is 6.11. The molecule has 7 nitrogen and oxygen atoms in total. The van der Waals surface area contributed by atoms with Crippen molar-refractivity contribution in [2.45, 2.75) is 12.5 Å². The van der Waals surface area contributed by atoms with Gasteiger partial charge in [-0.2, -0.15) is 0 Å². The second-order valence-corrected chi connectivity index (χ2v) is 5.03. The Morgan fingerprint density at radius 3 is 2.87 bits per heavy atom. The van der Waals surface area contributed by atoms with Gasteiger partial charge in [-0.15, -0.1) is 0 Å². The van der Waals surface area contributed by atoms with Gasteiger partial charge < -0.3 is 19.9 Å². The molecule has 3 N–H and O–H groups in total. The molecule has 0 saturated carbocycles. The molecule has 2 aliphatic rings. The van der Waals surface area contributed by atoms with Crippen LogP contribution in [-0.2, 0) is 9.53 Å². The summed E-state index contributed by atoms with van der Waals surface area (Å²) in [4.78, 5) is 15.6. The minimum Gasteiger partial charge on any atom is -0.497 e. The number of hydrogen-bond acceptors (Lipinski definition) is 6. The summed E-state index contributed by atoms with van der Waals surface area (Å²) in [6.07, 6.45) is 3.98. The summed E-state index contributed by atoms with van der Waals surface area (Å²) >= 11 is 0. The van der Waals surface area contributed by atoms with Gasteiger partial charge in [-0.3, -0.25) is 10.1 Å². The summed E-state index contributed by atoms with van der Waals surface area (Å²) in [7, 11) is 3.19. The van der Waals surface area contributed by atoms with E-state index in [4.69, 9.17) is 19.9 Å². The maximum absolute atomic E-state index is 11.6. The lowest BCUT2D eigenvalue weighted by Gasteiger charge is -2.13. The van der Waals surface area contributed by atoms with Crippen LogP contribution in [0.1, 0.15) is 12.0 Å². The normalized spacial score (nSPS) is 21.6. The number of methoxy groups -OCH3 is 2. The first-order valence-electron chi connectivity index (χ1n) is 7.07. The van der Waals surface area contributed by atoms with E-state index in [0.29, 0.717) is 23.7 Å². The Bertz CT molecular complexity index is 737. The third-order valence-corrected chi connectivity index (χ3v) is 3.55. The van der Waals surface area contributed by atoms with Crippen molar-refractivity contribution in [3.8, 4) is 11.5 Å². The number of benzene rings is 1. The zero-order valence-electron chi connectivity index (χ0n) is 12.8. The minimum absolute atomic E-state index is 0.101. The highest BCUT2D eigenvalue weighted by atomic mass is 16.5. The molecule has 7 heteroatoms. The fraction of sp³-hybridized carbons (Fsp3) is 0.250. The first-order chi connectivity index (χ1) is 11.1. The van der Waals surface area contributed by atoms with Gasteiger partial charge in [0.05, 0.1) is 19.8 Å². The van der Waals surface area contributed by atoms with Crippen molar-refractivity contribution in [1.82, 2.24) is 5.32 Å². The Labute approximate surface area is 133 Å². The lowest BCUT2D eigenvalue weighted by molar-refractivity contribution is -0.115. The van der Waals surface area contributed by atoms with Crippen LogP contribution in [0.15, 0.2) is 41.0 Å². The molecular weight excluding hydrogens is 298 g/mol. The lowest BCUT2D eigenvalue weighted by atomic mass is 10.1. The number of amides is 1. The van der Waals surface area contributed by atoms with E-state index in [9.17, 15) is 4.79 Å². The average molecular weight is 315 g/mol. The molecule has 0 fully saturated rings. The van der Waals surface area contributed by atoms with Crippen molar-refractivity contribution < 1.29 is 19.0 Å². The van der Waals surface area contributed by atoms with Crippen LogP contribution in [0.2, 0.25) is 0 Å². The predicted octanol–water partition coefficient (Wildman–Crippen LogP) is 1.16. The van der Waals surface area contributed by atoms with Gasteiger partial charge in [0.1, 0.15) is 29.1 Å². The summed E-state index contributed by atoms with van der Waals surface area (Å²) in [5.41, 5.74) is 6.56. The van der Waals surface area contributed by atoms with Crippen LogP contribution >= 0.6 is 0 Å². The van der Waals surface area contributed by atoms with Crippen LogP contribution in [0.3, 0.4) is 0 Å². The van der Waals surface area contributed by atoms with E-state index in [1.165, 1.54) is 0 Å². The second kappa shape index (κ2) is 6.04. The number of carbonyl (C=O) groups is 1. The molecule has 23 heavy (non-hydrogen) atoms. The first kappa shape index (κ1) is 15.0. The summed E-state index contributed by atoms with van der Waals surface area (Å²) in [5.74, 6) is 1.84. The molecule has 2 aliphatic heterocycles. The van der Waals surface area contributed by atoms with Gasteiger partial charge in [-0.05, 0) is 24.3 Å². The predicted molar refractivity (Wildman–Crippen MR) is 84.9 cm³/mol. The molecule has 1 amide bonds. The van der Waals surface area contributed by atoms with Gasteiger partial charge in [0, 0.05) is 12.5 Å².